The van der Waals surface area contributed by atoms with Gasteiger partial charge < -0.3 is 10.4 Å². The fraction of sp³-hybridized carbons (Fsp3) is 0.333. The Labute approximate surface area is 134 Å². The highest BCUT2D eigenvalue weighted by Crippen LogP contribution is 2.32. The van der Waals surface area contributed by atoms with Gasteiger partial charge in [0.15, 0.2) is 0 Å². The lowest BCUT2D eigenvalue weighted by atomic mass is 9.76. The van der Waals surface area contributed by atoms with Gasteiger partial charge in [-0.3, -0.25) is 4.79 Å². The summed E-state index contributed by atoms with van der Waals surface area (Å²) in [6.45, 7) is -0.133. The molecule has 1 aromatic rings. The third-order valence-electron chi connectivity index (χ3n) is 3.76. The highest BCUT2D eigenvalue weighted by Gasteiger charge is 2.45. The van der Waals surface area contributed by atoms with Gasteiger partial charge in [-0.1, -0.05) is 5.92 Å². The first-order valence-corrected chi connectivity index (χ1v) is 8.38. The number of carbonyl (C=O) groups excluding carboxylic acids is 1. The van der Waals surface area contributed by atoms with Gasteiger partial charge in [0.1, 0.15) is 5.54 Å². The molecule has 23 heavy (non-hydrogen) atoms. The third-order valence-corrected chi connectivity index (χ3v) is 5.18. The molecule has 0 atom stereocenters. The number of terminal acetylenes is 1. The van der Waals surface area contributed by atoms with E-state index in [1.54, 1.807) is 0 Å². The molecule has 0 aromatic heterocycles. The molecule has 0 unspecified atom stereocenters. The number of benzene rings is 1. The Hall–Kier alpha value is -2.37. The topological polar surface area (TPSA) is 113 Å². The molecule has 0 heterocycles. The van der Waals surface area contributed by atoms with E-state index < -0.39 is 27.4 Å². The van der Waals surface area contributed by atoms with Crippen LogP contribution in [0.1, 0.15) is 29.6 Å². The van der Waals surface area contributed by atoms with Crippen molar-refractivity contribution in [2.24, 2.45) is 0 Å². The Bertz CT molecular complexity index is 758. The first-order chi connectivity index (χ1) is 10.8. The maximum atomic E-state index is 12.1. The second-order valence-electron chi connectivity index (χ2n) is 5.25. The van der Waals surface area contributed by atoms with Gasteiger partial charge in [-0.15, -0.1) is 6.42 Å². The SMILES string of the molecule is C#CCNS(=O)(=O)c1ccc(C(=O)NC2(C(=O)O)CCC2)cc1. The van der Waals surface area contributed by atoms with Crippen molar-refractivity contribution in [1.29, 1.82) is 0 Å². The highest BCUT2D eigenvalue weighted by atomic mass is 32.2. The number of nitrogens with one attached hydrogen (secondary N) is 2. The van der Waals surface area contributed by atoms with Crippen LogP contribution >= 0.6 is 0 Å². The van der Waals surface area contributed by atoms with Crippen molar-refractivity contribution in [3.63, 3.8) is 0 Å². The van der Waals surface area contributed by atoms with Crippen LogP contribution < -0.4 is 10.0 Å². The molecule has 0 bridgehead atoms. The number of hydrogen-bond acceptors (Lipinski definition) is 4. The van der Waals surface area contributed by atoms with Crippen LogP contribution in [0.4, 0.5) is 0 Å². The van der Waals surface area contributed by atoms with Gasteiger partial charge in [-0.05, 0) is 43.5 Å². The molecule has 0 saturated heterocycles. The van der Waals surface area contributed by atoms with E-state index in [0.717, 1.165) is 6.42 Å². The molecular weight excluding hydrogens is 320 g/mol. The Morgan fingerprint density at radius 2 is 1.87 bits per heavy atom. The van der Waals surface area contributed by atoms with Crippen molar-refractivity contribution in [1.82, 2.24) is 10.0 Å². The summed E-state index contributed by atoms with van der Waals surface area (Å²) in [5.74, 6) is 0.553. The average Bonchev–Trinajstić information content (AvgIpc) is 2.48. The van der Waals surface area contributed by atoms with Gasteiger partial charge in [0, 0.05) is 5.56 Å². The molecule has 1 saturated carbocycles. The minimum atomic E-state index is -3.73. The van der Waals surface area contributed by atoms with Gasteiger partial charge in [0.05, 0.1) is 11.4 Å². The van der Waals surface area contributed by atoms with Crippen LogP contribution in [0.25, 0.3) is 0 Å². The molecule has 1 aromatic carbocycles. The normalized spacial score (nSPS) is 16.0. The van der Waals surface area contributed by atoms with Crippen LogP contribution in [0.3, 0.4) is 0 Å². The van der Waals surface area contributed by atoms with Crippen LogP contribution in [0, 0.1) is 12.3 Å². The molecule has 0 radical (unpaired) electrons. The number of carboxylic acids is 1. The standard InChI is InChI=1S/C15H16N2O5S/c1-2-10-16-23(21,22)12-6-4-11(5-7-12)13(18)17-15(14(19)20)8-3-9-15/h1,4-7,16H,3,8-10H2,(H,17,18)(H,19,20). The Morgan fingerprint density at radius 3 is 2.30 bits per heavy atom. The van der Waals surface area contributed by atoms with E-state index in [1.165, 1.54) is 24.3 Å². The van der Waals surface area contributed by atoms with E-state index >= 15 is 0 Å². The number of aliphatic carboxylic acids is 1. The molecule has 0 aliphatic heterocycles. The van der Waals surface area contributed by atoms with Gasteiger partial charge in [-0.25, -0.2) is 13.2 Å². The minimum Gasteiger partial charge on any atom is -0.480 e. The molecule has 2 rings (SSSR count). The molecule has 7 nitrogen and oxygen atoms in total. The first kappa shape index (κ1) is 17.0. The van der Waals surface area contributed by atoms with Crippen LogP contribution in [0.15, 0.2) is 29.2 Å². The van der Waals surface area contributed by atoms with E-state index in [1.807, 2.05) is 0 Å². The summed E-state index contributed by atoms with van der Waals surface area (Å²) in [5, 5.41) is 11.7. The van der Waals surface area contributed by atoms with E-state index in [9.17, 15) is 23.1 Å². The van der Waals surface area contributed by atoms with E-state index in [-0.39, 0.29) is 17.0 Å². The van der Waals surface area contributed by atoms with E-state index in [4.69, 9.17) is 6.42 Å². The van der Waals surface area contributed by atoms with Crippen molar-refractivity contribution in [3.05, 3.63) is 29.8 Å². The zero-order valence-corrected chi connectivity index (χ0v) is 13.0. The summed E-state index contributed by atoms with van der Waals surface area (Å²) in [4.78, 5) is 23.3. The number of hydrogen-bond donors (Lipinski definition) is 3. The second kappa shape index (κ2) is 6.40. The smallest absolute Gasteiger partial charge is 0.329 e. The first-order valence-electron chi connectivity index (χ1n) is 6.90. The fourth-order valence-electron chi connectivity index (χ4n) is 2.22. The van der Waals surface area contributed by atoms with Crippen molar-refractivity contribution < 1.29 is 23.1 Å². The summed E-state index contributed by atoms with van der Waals surface area (Å²) in [6, 6.07) is 5.19. The molecule has 1 amide bonds. The lowest BCUT2D eigenvalue weighted by molar-refractivity contribution is -0.148. The van der Waals surface area contributed by atoms with Crippen molar-refractivity contribution in [3.8, 4) is 12.3 Å². The third kappa shape index (κ3) is 3.52. The molecule has 1 aliphatic rings. The van der Waals surface area contributed by atoms with Crippen LogP contribution in [0.2, 0.25) is 0 Å². The summed E-state index contributed by atoms with van der Waals surface area (Å²) in [7, 11) is -3.73. The maximum Gasteiger partial charge on any atom is 0.329 e. The van der Waals surface area contributed by atoms with Crippen molar-refractivity contribution in [2.45, 2.75) is 29.7 Å². The Kier molecular flexibility index (Phi) is 4.73. The molecule has 1 aliphatic carbocycles. The molecule has 1 fully saturated rings. The number of carbonyl (C=O) groups is 2. The number of amides is 1. The fourth-order valence-corrected chi connectivity index (χ4v) is 3.15. The van der Waals surface area contributed by atoms with Crippen LogP contribution in [0.5, 0.6) is 0 Å². The van der Waals surface area contributed by atoms with Gasteiger partial charge in [-0.2, -0.15) is 4.72 Å². The minimum absolute atomic E-state index is 0.0270. The monoisotopic (exact) mass is 336 g/mol. The Balaban J connectivity index is 2.12. The van der Waals surface area contributed by atoms with Crippen molar-refractivity contribution >= 4 is 21.9 Å². The largest absolute Gasteiger partial charge is 0.480 e. The van der Waals surface area contributed by atoms with E-state index in [0.29, 0.717) is 12.8 Å². The molecule has 3 N–H and O–H groups in total. The van der Waals surface area contributed by atoms with Crippen molar-refractivity contribution in [2.75, 3.05) is 6.54 Å². The zero-order chi connectivity index (χ0) is 17.1. The van der Waals surface area contributed by atoms with Gasteiger partial charge >= 0.3 is 5.97 Å². The van der Waals surface area contributed by atoms with Crippen LogP contribution in [-0.2, 0) is 14.8 Å². The average molecular weight is 336 g/mol. The quantitative estimate of drug-likeness (QED) is 0.648. The molecule has 122 valence electrons. The lowest BCUT2D eigenvalue weighted by Gasteiger charge is -2.38. The summed E-state index contributed by atoms with van der Waals surface area (Å²) < 4.78 is 25.9. The second-order valence-corrected chi connectivity index (χ2v) is 7.01. The predicted molar refractivity (Wildman–Crippen MR) is 82.1 cm³/mol. The predicted octanol–water partition coefficient (Wildman–Crippen LogP) is 0.335. The van der Waals surface area contributed by atoms with Crippen LogP contribution in [-0.4, -0.2) is 37.5 Å². The summed E-state index contributed by atoms with van der Waals surface area (Å²) in [6.07, 6.45) is 6.51. The van der Waals surface area contributed by atoms with Gasteiger partial charge in [0.25, 0.3) is 5.91 Å². The lowest BCUT2D eigenvalue weighted by Crippen LogP contribution is -2.59. The maximum absolute atomic E-state index is 12.1. The highest BCUT2D eigenvalue weighted by molar-refractivity contribution is 7.89. The number of sulfonamides is 1. The van der Waals surface area contributed by atoms with E-state index in [2.05, 4.69) is 16.0 Å². The summed E-state index contributed by atoms with van der Waals surface area (Å²) in [5.41, 5.74) is -1.02. The number of carboxylic acid groups (broad SMARTS) is 1. The Morgan fingerprint density at radius 1 is 1.26 bits per heavy atom. The zero-order valence-electron chi connectivity index (χ0n) is 12.2. The summed E-state index contributed by atoms with van der Waals surface area (Å²) >= 11 is 0. The molecule has 8 heteroatoms. The van der Waals surface area contributed by atoms with Gasteiger partial charge in [0.2, 0.25) is 10.0 Å². The molecule has 0 spiro atoms. The number of rotatable bonds is 6. The molecular formula is C15H16N2O5S.